The van der Waals surface area contributed by atoms with Crippen molar-refractivity contribution in [3.8, 4) is 0 Å². The minimum atomic E-state index is -0.526. The van der Waals surface area contributed by atoms with Crippen molar-refractivity contribution < 1.29 is 14.0 Å². The molecule has 0 radical (unpaired) electrons. The molecule has 1 saturated heterocycles. The van der Waals surface area contributed by atoms with E-state index >= 15 is 0 Å². The van der Waals surface area contributed by atoms with Crippen LogP contribution in [-0.4, -0.2) is 34.3 Å². The summed E-state index contributed by atoms with van der Waals surface area (Å²) < 4.78 is 5.98. The molecule has 2 amide bonds. The number of rotatable bonds is 5. The summed E-state index contributed by atoms with van der Waals surface area (Å²) in [5, 5.41) is 4.65. The van der Waals surface area contributed by atoms with Gasteiger partial charge in [-0.2, -0.15) is 0 Å². The Bertz CT molecular complexity index is 1180. The lowest BCUT2D eigenvalue weighted by molar-refractivity contribution is -0.129. The molecular formula is C27H32ClN3O3. The fourth-order valence-corrected chi connectivity index (χ4v) is 4.70. The average Bonchev–Trinajstić information content (AvgIpc) is 3.14. The molecule has 0 unspecified atom stereocenters. The highest BCUT2D eigenvalue weighted by Crippen LogP contribution is 2.32. The first kappa shape index (κ1) is 24.3. The summed E-state index contributed by atoms with van der Waals surface area (Å²) in [4.78, 5) is 33.0. The van der Waals surface area contributed by atoms with Gasteiger partial charge in [0.05, 0.1) is 11.7 Å². The number of pyridine rings is 1. The van der Waals surface area contributed by atoms with Crippen molar-refractivity contribution in [3.63, 3.8) is 0 Å². The fourth-order valence-electron chi connectivity index (χ4n) is 4.52. The number of likely N-dealkylation sites (tertiary alicyclic amines) is 1. The number of amides is 2. The minimum Gasteiger partial charge on any atom is -0.451 e. The van der Waals surface area contributed by atoms with Gasteiger partial charge in [-0.25, -0.2) is 0 Å². The maximum atomic E-state index is 13.7. The molecule has 7 heteroatoms. The molecule has 4 rings (SSSR count). The van der Waals surface area contributed by atoms with Gasteiger partial charge >= 0.3 is 0 Å². The molecule has 0 spiro atoms. The Morgan fingerprint density at radius 2 is 2.03 bits per heavy atom. The van der Waals surface area contributed by atoms with Gasteiger partial charge in [0, 0.05) is 40.2 Å². The van der Waals surface area contributed by atoms with Gasteiger partial charge in [-0.1, -0.05) is 38.4 Å². The number of carbonyl (C=O) groups is 2. The Labute approximate surface area is 205 Å². The molecule has 0 aliphatic carbocycles. The van der Waals surface area contributed by atoms with Crippen molar-refractivity contribution in [1.29, 1.82) is 0 Å². The van der Waals surface area contributed by atoms with Crippen LogP contribution in [-0.2, 0) is 4.79 Å². The molecule has 0 bridgehead atoms. The summed E-state index contributed by atoms with van der Waals surface area (Å²) in [5.41, 5.74) is 1.73. The van der Waals surface area contributed by atoms with Crippen molar-refractivity contribution in [3.05, 3.63) is 64.6 Å². The van der Waals surface area contributed by atoms with Crippen LogP contribution < -0.4 is 5.32 Å². The van der Waals surface area contributed by atoms with E-state index in [-0.39, 0.29) is 23.9 Å². The number of piperidine rings is 1. The van der Waals surface area contributed by atoms with E-state index in [2.05, 4.69) is 10.3 Å². The van der Waals surface area contributed by atoms with E-state index in [0.29, 0.717) is 29.3 Å². The Kier molecular flexibility index (Phi) is 6.99. The number of nitrogens with one attached hydrogen (secondary N) is 1. The molecule has 6 nitrogen and oxygen atoms in total. The summed E-state index contributed by atoms with van der Waals surface area (Å²) >= 11 is 6.16. The van der Waals surface area contributed by atoms with Crippen molar-refractivity contribution in [2.45, 2.75) is 65.5 Å². The normalized spacial score (nSPS) is 17.6. The van der Waals surface area contributed by atoms with Gasteiger partial charge in [0.2, 0.25) is 5.91 Å². The molecule has 1 fully saturated rings. The molecule has 34 heavy (non-hydrogen) atoms. The molecule has 3 aromatic rings. The van der Waals surface area contributed by atoms with Crippen molar-refractivity contribution >= 4 is 34.4 Å². The summed E-state index contributed by atoms with van der Waals surface area (Å²) in [6, 6.07) is 10.8. The zero-order valence-electron chi connectivity index (χ0n) is 20.2. The maximum absolute atomic E-state index is 13.7. The molecule has 3 heterocycles. The van der Waals surface area contributed by atoms with Gasteiger partial charge in [-0.3, -0.25) is 14.6 Å². The highest BCUT2D eigenvalue weighted by molar-refractivity contribution is 6.31. The summed E-state index contributed by atoms with van der Waals surface area (Å²) in [5.74, 6) is 0.204. The zero-order valence-corrected chi connectivity index (χ0v) is 21.0. The number of hydrogen-bond acceptors (Lipinski definition) is 4. The van der Waals surface area contributed by atoms with Crippen LogP contribution in [0.25, 0.3) is 11.0 Å². The maximum Gasteiger partial charge on any atom is 0.290 e. The predicted molar refractivity (Wildman–Crippen MR) is 134 cm³/mol. The average molecular weight is 482 g/mol. The lowest BCUT2D eigenvalue weighted by Gasteiger charge is -2.37. The van der Waals surface area contributed by atoms with Gasteiger partial charge in [-0.15, -0.1) is 0 Å². The topological polar surface area (TPSA) is 75.4 Å². The van der Waals surface area contributed by atoms with Crippen LogP contribution >= 0.6 is 11.6 Å². The number of furan rings is 1. The van der Waals surface area contributed by atoms with Crippen LogP contribution in [0.5, 0.6) is 0 Å². The molecule has 1 aliphatic heterocycles. The molecule has 1 aromatic carbocycles. The molecule has 1 aliphatic rings. The fraction of sp³-hybridized carbons (Fsp3) is 0.444. The number of aryl methyl sites for hydroxylation is 1. The van der Waals surface area contributed by atoms with E-state index in [9.17, 15) is 9.59 Å². The lowest BCUT2D eigenvalue weighted by Crippen LogP contribution is -2.47. The molecule has 2 aromatic heterocycles. The van der Waals surface area contributed by atoms with Gasteiger partial charge in [-0.05, 0) is 62.9 Å². The molecule has 180 valence electrons. The molecule has 2 atom stereocenters. The quantitative estimate of drug-likeness (QED) is 0.479. The monoisotopic (exact) mass is 481 g/mol. The summed E-state index contributed by atoms with van der Waals surface area (Å²) in [6.45, 7) is 8.23. The van der Waals surface area contributed by atoms with Crippen molar-refractivity contribution in [1.82, 2.24) is 15.2 Å². The number of carbonyl (C=O) groups excluding carboxylic acids is 2. The Morgan fingerprint density at radius 3 is 2.74 bits per heavy atom. The van der Waals surface area contributed by atoms with Crippen molar-refractivity contribution in [2.24, 2.45) is 5.41 Å². The highest BCUT2D eigenvalue weighted by Gasteiger charge is 2.34. The van der Waals surface area contributed by atoms with Gasteiger partial charge in [0.15, 0.2) is 5.76 Å². The number of benzene rings is 1. The smallest absolute Gasteiger partial charge is 0.290 e. The van der Waals surface area contributed by atoms with E-state index < -0.39 is 5.41 Å². The van der Waals surface area contributed by atoms with Crippen molar-refractivity contribution in [2.75, 3.05) is 6.54 Å². The third-order valence-electron chi connectivity index (χ3n) is 6.52. The second-order valence-corrected chi connectivity index (χ2v) is 10.5. The van der Waals surface area contributed by atoms with Crippen LogP contribution in [0.2, 0.25) is 5.02 Å². The third-order valence-corrected chi connectivity index (χ3v) is 6.75. The van der Waals surface area contributed by atoms with Gasteiger partial charge in [0.1, 0.15) is 5.58 Å². The third kappa shape index (κ3) is 5.12. The van der Waals surface area contributed by atoms with Crippen LogP contribution in [0.3, 0.4) is 0 Å². The number of nitrogens with zero attached hydrogens (tertiary/aromatic N) is 2. The van der Waals surface area contributed by atoms with Crippen LogP contribution in [0.1, 0.15) is 74.3 Å². The van der Waals surface area contributed by atoms with Gasteiger partial charge < -0.3 is 14.6 Å². The van der Waals surface area contributed by atoms with E-state index in [0.717, 1.165) is 35.9 Å². The van der Waals surface area contributed by atoms with E-state index in [1.807, 2.05) is 56.9 Å². The SMILES string of the molecule is Cc1c(C(=O)N2CCCC[C@@H]2C[C@@H](NC(=O)C(C)(C)C)c2ccccn2)oc2ccc(Cl)cc12. The summed E-state index contributed by atoms with van der Waals surface area (Å²) in [7, 11) is 0. The Balaban J connectivity index is 1.62. The van der Waals surface area contributed by atoms with Gasteiger partial charge in [0.25, 0.3) is 5.91 Å². The predicted octanol–water partition coefficient (Wildman–Crippen LogP) is 6.08. The number of halogens is 1. The first-order valence-corrected chi connectivity index (χ1v) is 12.2. The number of aromatic nitrogens is 1. The second kappa shape index (κ2) is 9.79. The lowest BCUT2D eigenvalue weighted by atomic mass is 9.91. The highest BCUT2D eigenvalue weighted by atomic mass is 35.5. The largest absolute Gasteiger partial charge is 0.451 e. The van der Waals surface area contributed by atoms with E-state index in [1.54, 1.807) is 18.3 Å². The molecule has 0 saturated carbocycles. The minimum absolute atomic E-state index is 0.0373. The zero-order chi connectivity index (χ0) is 24.5. The standard InChI is InChI=1S/C27H32ClN3O3/c1-17-20-15-18(28)11-12-23(20)34-24(17)25(32)31-14-8-6-9-19(31)16-22(21-10-5-7-13-29-21)30-26(33)27(2,3)4/h5,7,10-13,15,19,22H,6,8-9,14,16H2,1-4H3,(H,30,33)/t19-,22-/m1/s1. The first-order valence-electron chi connectivity index (χ1n) is 11.9. The summed E-state index contributed by atoms with van der Waals surface area (Å²) in [6.07, 6.45) is 5.17. The number of fused-ring (bicyclic) bond motifs is 1. The van der Waals surface area contributed by atoms with E-state index in [1.165, 1.54) is 0 Å². The molecular weight excluding hydrogens is 450 g/mol. The second-order valence-electron chi connectivity index (χ2n) is 10.1. The Hall–Kier alpha value is -2.86. The first-order chi connectivity index (χ1) is 16.1. The van der Waals surface area contributed by atoms with Crippen LogP contribution in [0.4, 0.5) is 0 Å². The molecule has 1 N–H and O–H groups in total. The number of hydrogen-bond donors (Lipinski definition) is 1. The van der Waals surface area contributed by atoms with E-state index in [4.69, 9.17) is 16.0 Å². The Morgan fingerprint density at radius 1 is 1.24 bits per heavy atom. The van der Waals surface area contributed by atoms with Crippen LogP contribution in [0.15, 0.2) is 47.0 Å². The van der Waals surface area contributed by atoms with Crippen LogP contribution in [0, 0.1) is 12.3 Å².